The fourth-order valence-electron chi connectivity index (χ4n) is 2.05. The number of benzene rings is 1. The van der Waals surface area contributed by atoms with Crippen molar-refractivity contribution in [3.05, 3.63) is 54.7 Å². The van der Waals surface area contributed by atoms with Gasteiger partial charge in [0.1, 0.15) is 18.1 Å². The summed E-state index contributed by atoms with van der Waals surface area (Å²) < 4.78 is 18.1. The first-order valence-corrected chi connectivity index (χ1v) is 8.00. The maximum absolute atomic E-state index is 12.7. The highest BCUT2D eigenvalue weighted by Crippen LogP contribution is 2.20. The van der Waals surface area contributed by atoms with E-state index < -0.39 is 6.17 Å². The zero-order chi connectivity index (χ0) is 17.2. The van der Waals surface area contributed by atoms with Crippen LogP contribution >= 0.6 is 0 Å². The van der Waals surface area contributed by atoms with Gasteiger partial charge in [-0.25, -0.2) is 4.39 Å². The highest BCUT2D eigenvalue weighted by Gasteiger charge is 2.01. The highest BCUT2D eigenvalue weighted by atomic mass is 19.1. The summed E-state index contributed by atoms with van der Waals surface area (Å²) >= 11 is 0. The van der Waals surface area contributed by atoms with E-state index in [1.807, 2.05) is 36.4 Å². The second-order valence-corrected chi connectivity index (χ2v) is 5.40. The number of nitrogens with zero attached hydrogens (tertiary/aromatic N) is 2. The molecule has 0 spiro atoms. The van der Waals surface area contributed by atoms with Gasteiger partial charge in [0.05, 0.1) is 11.9 Å². The molecule has 24 heavy (non-hydrogen) atoms. The van der Waals surface area contributed by atoms with E-state index >= 15 is 0 Å². The average molecular weight is 324 g/mol. The predicted molar refractivity (Wildman–Crippen MR) is 94.5 cm³/mol. The Hall–Kier alpha value is -2.67. The van der Waals surface area contributed by atoms with Crippen molar-refractivity contribution in [3.63, 3.8) is 0 Å². The SMILES string of the molecule is C=CCOc1ccc(-c2ccc(C#CCCCC(C)F)nn2)cc1. The van der Waals surface area contributed by atoms with Crippen molar-refractivity contribution in [1.82, 2.24) is 10.2 Å². The molecule has 0 N–H and O–H groups in total. The number of rotatable bonds is 7. The first kappa shape index (κ1) is 17.7. The summed E-state index contributed by atoms with van der Waals surface area (Å²) in [6, 6.07) is 11.4. The van der Waals surface area contributed by atoms with Crippen LogP contribution in [-0.2, 0) is 0 Å². The van der Waals surface area contributed by atoms with Crippen molar-refractivity contribution in [2.45, 2.75) is 32.4 Å². The van der Waals surface area contributed by atoms with Crippen molar-refractivity contribution in [3.8, 4) is 28.8 Å². The van der Waals surface area contributed by atoms with Crippen LogP contribution < -0.4 is 4.74 Å². The standard InChI is InChI=1S/C20H21FN2O/c1-3-15-24-19-12-9-17(10-13-19)20-14-11-18(22-23-20)8-6-4-5-7-16(2)21/h3,9-14,16H,1,4-5,7,15H2,2H3. The lowest BCUT2D eigenvalue weighted by atomic mass is 10.1. The molecule has 4 heteroatoms. The molecule has 2 aromatic rings. The summed E-state index contributed by atoms with van der Waals surface area (Å²) in [5.41, 5.74) is 2.37. The smallest absolute Gasteiger partial charge is 0.135 e. The second kappa shape index (κ2) is 9.46. The maximum atomic E-state index is 12.7. The summed E-state index contributed by atoms with van der Waals surface area (Å²) in [5.74, 6) is 6.74. The molecule has 124 valence electrons. The van der Waals surface area contributed by atoms with Gasteiger partial charge in [-0.15, -0.1) is 10.2 Å². The van der Waals surface area contributed by atoms with E-state index in [2.05, 4.69) is 28.6 Å². The molecule has 1 aromatic carbocycles. The molecule has 0 saturated carbocycles. The minimum absolute atomic E-state index is 0.483. The third-order valence-electron chi connectivity index (χ3n) is 3.30. The lowest BCUT2D eigenvalue weighted by molar-refractivity contribution is 0.336. The number of hydrogen-bond acceptors (Lipinski definition) is 3. The quantitative estimate of drug-likeness (QED) is 0.424. The van der Waals surface area contributed by atoms with E-state index in [1.54, 1.807) is 13.0 Å². The Morgan fingerprint density at radius 1 is 1.21 bits per heavy atom. The van der Waals surface area contributed by atoms with Gasteiger partial charge in [-0.2, -0.15) is 0 Å². The Morgan fingerprint density at radius 3 is 2.62 bits per heavy atom. The number of unbranched alkanes of at least 4 members (excludes halogenated alkanes) is 1. The Kier molecular flexibility index (Phi) is 6.97. The van der Waals surface area contributed by atoms with E-state index in [1.165, 1.54) is 0 Å². The van der Waals surface area contributed by atoms with E-state index in [9.17, 15) is 4.39 Å². The molecule has 1 atom stereocenters. The Labute approximate surface area is 142 Å². The van der Waals surface area contributed by atoms with Crippen LogP contribution in [0.3, 0.4) is 0 Å². The molecule has 3 nitrogen and oxygen atoms in total. The van der Waals surface area contributed by atoms with Gasteiger partial charge < -0.3 is 4.74 Å². The molecule has 1 aromatic heterocycles. The molecule has 1 heterocycles. The summed E-state index contributed by atoms with van der Waals surface area (Å²) in [6.45, 7) is 5.67. The highest BCUT2D eigenvalue weighted by molar-refractivity contribution is 5.59. The molecule has 0 saturated heterocycles. The van der Waals surface area contributed by atoms with Crippen LogP contribution in [0.5, 0.6) is 5.75 Å². The van der Waals surface area contributed by atoms with Gasteiger partial charge in [-0.3, -0.25) is 0 Å². The molecule has 0 fully saturated rings. The van der Waals surface area contributed by atoms with E-state index in [0.717, 1.165) is 23.4 Å². The minimum atomic E-state index is -0.764. The Bertz CT molecular complexity index is 697. The molecular weight excluding hydrogens is 303 g/mol. The van der Waals surface area contributed by atoms with Crippen LogP contribution in [-0.4, -0.2) is 23.0 Å². The van der Waals surface area contributed by atoms with Crippen LogP contribution in [0.25, 0.3) is 11.3 Å². The minimum Gasteiger partial charge on any atom is -0.490 e. The summed E-state index contributed by atoms with van der Waals surface area (Å²) in [7, 11) is 0. The number of aromatic nitrogens is 2. The van der Waals surface area contributed by atoms with Gasteiger partial charge in [0.2, 0.25) is 0 Å². The Morgan fingerprint density at radius 2 is 2.00 bits per heavy atom. The van der Waals surface area contributed by atoms with Crippen molar-refractivity contribution in [2.75, 3.05) is 6.61 Å². The molecule has 0 amide bonds. The molecule has 0 radical (unpaired) electrons. The van der Waals surface area contributed by atoms with Crippen molar-refractivity contribution in [2.24, 2.45) is 0 Å². The molecule has 1 unspecified atom stereocenters. The van der Waals surface area contributed by atoms with Gasteiger partial charge in [-0.05, 0) is 62.1 Å². The van der Waals surface area contributed by atoms with E-state index in [4.69, 9.17) is 4.74 Å². The summed E-state index contributed by atoms with van der Waals surface area (Å²) in [5, 5.41) is 8.32. The van der Waals surface area contributed by atoms with Gasteiger partial charge in [0, 0.05) is 12.0 Å². The van der Waals surface area contributed by atoms with Crippen LogP contribution in [0.2, 0.25) is 0 Å². The summed E-state index contributed by atoms with van der Waals surface area (Å²) in [6.07, 6.45) is 2.92. The second-order valence-electron chi connectivity index (χ2n) is 5.40. The number of halogens is 1. The average Bonchev–Trinajstić information content (AvgIpc) is 2.60. The third-order valence-corrected chi connectivity index (χ3v) is 3.30. The zero-order valence-corrected chi connectivity index (χ0v) is 13.8. The van der Waals surface area contributed by atoms with Crippen LogP contribution in [0.4, 0.5) is 4.39 Å². The molecule has 0 aliphatic heterocycles. The number of hydrogen-bond donors (Lipinski definition) is 0. The van der Waals surface area contributed by atoms with Crippen molar-refractivity contribution in [1.29, 1.82) is 0 Å². The predicted octanol–water partition coefficient (Wildman–Crippen LogP) is 4.59. The van der Waals surface area contributed by atoms with E-state index in [0.29, 0.717) is 25.1 Å². The fraction of sp³-hybridized carbons (Fsp3) is 0.300. The van der Waals surface area contributed by atoms with Gasteiger partial charge in [0.25, 0.3) is 0 Å². The Balaban J connectivity index is 1.94. The van der Waals surface area contributed by atoms with Crippen molar-refractivity contribution < 1.29 is 9.13 Å². The van der Waals surface area contributed by atoms with Gasteiger partial charge >= 0.3 is 0 Å². The number of ether oxygens (including phenoxy) is 1. The van der Waals surface area contributed by atoms with Crippen LogP contribution in [0.1, 0.15) is 31.9 Å². The monoisotopic (exact) mass is 324 g/mol. The maximum Gasteiger partial charge on any atom is 0.135 e. The van der Waals surface area contributed by atoms with Crippen molar-refractivity contribution >= 4 is 0 Å². The zero-order valence-electron chi connectivity index (χ0n) is 13.8. The lowest BCUT2D eigenvalue weighted by Crippen LogP contribution is -1.93. The number of alkyl halides is 1. The lowest BCUT2D eigenvalue weighted by Gasteiger charge is -2.04. The molecular formula is C20H21FN2O. The van der Waals surface area contributed by atoms with Crippen LogP contribution in [0.15, 0.2) is 49.1 Å². The third kappa shape index (κ3) is 5.85. The topological polar surface area (TPSA) is 35.0 Å². The van der Waals surface area contributed by atoms with Gasteiger partial charge in [0.15, 0.2) is 0 Å². The van der Waals surface area contributed by atoms with Crippen LogP contribution in [0, 0.1) is 11.8 Å². The fourth-order valence-corrected chi connectivity index (χ4v) is 2.05. The molecule has 0 aliphatic rings. The normalized spacial score (nSPS) is 11.2. The molecule has 0 bridgehead atoms. The van der Waals surface area contributed by atoms with E-state index in [-0.39, 0.29) is 0 Å². The largest absolute Gasteiger partial charge is 0.490 e. The van der Waals surface area contributed by atoms with Gasteiger partial charge in [-0.1, -0.05) is 18.6 Å². The first-order valence-electron chi connectivity index (χ1n) is 8.00. The molecule has 2 rings (SSSR count). The first-order chi connectivity index (χ1) is 11.7. The molecule has 0 aliphatic carbocycles. The summed E-state index contributed by atoms with van der Waals surface area (Å²) in [4.78, 5) is 0.